The van der Waals surface area contributed by atoms with Gasteiger partial charge in [0.1, 0.15) is 12.6 Å². The summed E-state index contributed by atoms with van der Waals surface area (Å²) in [5.41, 5.74) is 6.08. The highest BCUT2D eigenvalue weighted by Crippen LogP contribution is 2.33. The SMILES string of the molecule is CCC(C)c1ccc2c(-c3cc4occc4cc3C)[n+](C)ccc2c1. The summed E-state index contributed by atoms with van der Waals surface area (Å²) in [5.74, 6) is 0.586. The summed E-state index contributed by atoms with van der Waals surface area (Å²) in [6, 6.07) is 15.5. The Morgan fingerprint density at radius 2 is 1.88 bits per heavy atom. The highest BCUT2D eigenvalue weighted by molar-refractivity contribution is 5.96. The van der Waals surface area contributed by atoms with Gasteiger partial charge in [0.05, 0.1) is 17.2 Å². The van der Waals surface area contributed by atoms with Crippen molar-refractivity contribution in [1.82, 2.24) is 0 Å². The summed E-state index contributed by atoms with van der Waals surface area (Å²) in [6.07, 6.45) is 5.08. The summed E-state index contributed by atoms with van der Waals surface area (Å²) < 4.78 is 7.85. The van der Waals surface area contributed by atoms with E-state index in [0.29, 0.717) is 5.92 Å². The average Bonchev–Trinajstić information content (AvgIpc) is 3.07. The molecule has 0 aliphatic heterocycles. The van der Waals surface area contributed by atoms with Gasteiger partial charge in [0.2, 0.25) is 5.69 Å². The molecule has 2 aromatic heterocycles. The van der Waals surface area contributed by atoms with Crippen LogP contribution in [0, 0.1) is 6.92 Å². The summed E-state index contributed by atoms with van der Waals surface area (Å²) in [6.45, 7) is 6.71. The third-order valence-corrected chi connectivity index (χ3v) is 5.40. The van der Waals surface area contributed by atoms with Crippen molar-refractivity contribution in [2.75, 3.05) is 0 Å². The molecule has 0 amide bonds. The molecule has 0 N–H and O–H groups in total. The van der Waals surface area contributed by atoms with Gasteiger partial charge in [0.15, 0.2) is 6.20 Å². The van der Waals surface area contributed by atoms with Crippen LogP contribution in [0.15, 0.2) is 59.3 Å². The van der Waals surface area contributed by atoms with Crippen LogP contribution in [0.1, 0.15) is 37.3 Å². The minimum atomic E-state index is 0.586. The van der Waals surface area contributed by atoms with Crippen molar-refractivity contribution in [3.8, 4) is 11.3 Å². The first-order chi connectivity index (χ1) is 12.1. The highest BCUT2D eigenvalue weighted by atomic mass is 16.3. The predicted octanol–water partition coefficient (Wildman–Crippen LogP) is 5.90. The van der Waals surface area contributed by atoms with Crippen LogP contribution in [0.5, 0.6) is 0 Å². The fourth-order valence-electron chi connectivity index (χ4n) is 3.65. The molecule has 4 aromatic rings. The first-order valence-electron chi connectivity index (χ1n) is 8.99. The minimum absolute atomic E-state index is 0.586. The van der Waals surface area contributed by atoms with Gasteiger partial charge >= 0.3 is 0 Å². The summed E-state index contributed by atoms with van der Waals surface area (Å²) in [4.78, 5) is 0. The number of hydrogen-bond acceptors (Lipinski definition) is 1. The number of rotatable bonds is 3. The molecule has 0 aliphatic rings. The normalized spacial score (nSPS) is 12.8. The molecular weight excluding hydrogens is 306 g/mol. The molecule has 2 heterocycles. The molecule has 0 fully saturated rings. The lowest BCUT2D eigenvalue weighted by Gasteiger charge is -2.12. The molecule has 2 aromatic carbocycles. The molecule has 0 radical (unpaired) electrons. The van der Waals surface area contributed by atoms with Crippen LogP contribution in [-0.4, -0.2) is 0 Å². The molecule has 2 nitrogen and oxygen atoms in total. The Balaban J connectivity index is 1.99. The maximum absolute atomic E-state index is 5.64. The van der Waals surface area contributed by atoms with Crippen LogP contribution in [0.2, 0.25) is 0 Å². The van der Waals surface area contributed by atoms with Crippen molar-refractivity contribution >= 4 is 21.7 Å². The first-order valence-corrected chi connectivity index (χ1v) is 8.99. The van der Waals surface area contributed by atoms with E-state index in [9.17, 15) is 0 Å². The van der Waals surface area contributed by atoms with Gasteiger partial charge in [-0.25, -0.2) is 4.57 Å². The zero-order valence-electron chi connectivity index (χ0n) is 15.3. The molecule has 2 heteroatoms. The fraction of sp³-hybridized carbons (Fsp3) is 0.261. The predicted molar refractivity (Wildman–Crippen MR) is 104 cm³/mol. The Labute approximate surface area is 148 Å². The van der Waals surface area contributed by atoms with Gasteiger partial charge in [-0.15, -0.1) is 0 Å². The van der Waals surface area contributed by atoms with Crippen molar-refractivity contribution in [2.45, 2.75) is 33.1 Å². The minimum Gasteiger partial charge on any atom is -0.464 e. The van der Waals surface area contributed by atoms with E-state index in [-0.39, 0.29) is 0 Å². The van der Waals surface area contributed by atoms with E-state index in [0.717, 1.165) is 17.4 Å². The molecule has 0 saturated heterocycles. The van der Waals surface area contributed by atoms with E-state index in [1.54, 1.807) is 6.26 Å². The van der Waals surface area contributed by atoms with Crippen molar-refractivity contribution < 1.29 is 8.98 Å². The van der Waals surface area contributed by atoms with Gasteiger partial charge in [-0.3, -0.25) is 0 Å². The smallest absolute Gasteiger partial charge is 0.220 e. The van der Waals surface area contributed by atoms with E-state index < -0.39 is 0 Å². The molecule has 0 saturated carbocycles. The number of hydrogen-bond donors (Lipinski definition) is 0. The molecule has 25 heavy (non-hydrogen) atoms. The van der Waals surface area contributed by atoms with Crippen LogP contribution in [0.3, 0.4) is 0 Å². The van der Waals surface area contributed by atoms with Crippen LogP contribution < -0.4 is 4.57 Å². The summed E-state index contributed by atoms with van der Waals surface area (Å²) in [5, 5.41) is 3.74. The zero-order valence-corrected chi connectivity index (χ0v) is 15.3. The second kappa shape index (κ2) is 6.03. The van der Waals surface area contributed by atoms with Crippen molar-refractivity contribution in [3.05, 3.63) is 66.1 Å². The molecule has 0 bridgehead atoms. The molecule has 1 unspecified atom stereocenters. The standard InChI is InChI=1S/C23H24NO/c1-5-15(2)17-6-7-20-18(13-17)8-10-24(4)23(20)21-14-22-19(9-11-25-22)12-16(21)3/h6-15H,5H2,1-4H3/q+1. The Bertz CT molecular complexity index is 1070. The molecule has 0 spiro atoms. The van der Waals surface area contributed by atoms with E-state index >= 15 is 0 Å². The molecule has 0 aliphatic carbocycles. The van der Waals surface area contributed by atoms with Crippen LogP contribution in [0.25, 0.3) is 33.0 Å². The van der Waals surface area contributed by atoms with Gasteiger partial charge < -0.3 is 4.42 Å². The van der Waals surface area contributed by atoms with Gasteiger partial charge in [-0.05, 0) is 60.0 Å². The monoisotopic (exact) mass is 330 g/mol. The van der Waals surface area contributed by atoms with E-state index in [1.807, 2.05) is 6.07 Å². The highest BCUT2D eigenvalue weighted by Gasteiger charge is 2.19. The second-order valence-corrected chi connectivity index (χ2v) is 7.06. The maximum atomic E-state index is 5.64. The molecular formula is C23H24NO+. The lowest BCUT2D eigenvalue weighted by Crippen LogP contribution is -2.30. The maximum Gasteiger partial charge on any atom is 0.220 e. The van der Waals surface area contributed by atoms with Gasteiger partial charge in [-0.1, -0.05) is 26.0 Å². The van der Waals surface area contributed by atoms with Crippen molar-refractivity contribution in [3.63, 3.8) is 0 Å². The third kappa shape index (κ3) is 2.62. The summed E-state index contributed by atoms with van der Waals surface area (Å²) >= 11 is 0. The van der Waals surface area contributed by atoms with E-state index in [1.165, 1.54) is 33.2 Å². The van der Waals surface area contributed by atoms with Crippen LogP contribution >= 0.6 is 0 Å². The molecule has 4 rings (SSSR count). The van der Waals surface area contributed by atoms with Crippen molar-refractivity contribution in [1.29, 1.82) is 0 Å². The van der Waals surface area contributed by atoms with Crippen molar-refractivity contribution in [2.24, 2.45) is 7.05 Å². The number of aromatic nitrogens is 1. The van der Waals surface area contributed by atoms with E-state index in [4.69, 9.17) is 4.42 Å². The summed E-state index contributed by atoms with van der Waals surface area (Å²) in [7, 11) is 2.11. The van der Waals surface area contributed by atoms with Crippen LogP contribution in [-0.2, 0) is 7.05 Å². The lowest BCUT2D eigenvalue weighted by atomic mass is 9.93. The van der Waals surface area contributed by atoms with Gasteiger partial charge in [0.25, 0.3) is 0 Å². The second-order valence-electron chi connectivity index (χ2n) is 7.06. The average molecular weight is 330 g/mol. The largest absolute Gasteiger partial charge is 0.464 e. The first kappa shape index (κ1) is 15.9. The molecule has 1 atom stereocenters. The Hall–Kier alpha value is -2.61. The number of pyridine rings is 1. The Kier molecular flexibility index (Phi) is 3.84. The van der Waals surface area contributed by atoms with Gasteiger partial charge in [0, 0.05) is 11.5 Å². The third-order valence-electron chi connectivity index (χ3n) is 5.40. The quantitative estimate of drug-likeness (QED) is 0.427. The fourth-order valence-corrected chi connectivity index (χ4v) is 3.65. The zero-order chi connectivity index (χ0) is 17.6. The number of benzene rings is 2. The molecule has 126 valence electrons. The number of nitrogens with zero attached hydrogens (tertiary/aromatic N) is 1. The number of aryl methyl sites for hydroxylation is 2. The topological polar surface area (TPSA) is 17.0 Å². The van der Waals surface area contributed by atoms with Gasteiger partial charge in [-0.2, -0.15) is 0 Å². The number of furan rings is 1. The van der Waals surface area contributed by atoms with E-state index in [2.05, 4.69) is 75.0 Å². The Morgan fingerprint density at radius 1 is 1.04 bits per heavy atom. The Morgan fingerprint density at radius 3 is 2.68 bits per heavy atom. The van der Waals surface area contributed by atoms with Crippen LogP contribution in [0.4, 0.5) is 0 Å². The number of fused-ring (bicyclic) bond motifs is 2. The lowest BCUT2D eigenvalue weighted by molar-refractivity contribution is -0.659.